The van der Waals surface area contributed by atoms with Crippen LogP contribution < -0.4 is 21.3 Å². The van der Waals surface area contributed by atoms with Crippen molar-refractivity contribution in [3.8, 4) is 0 Å². The van der Waals surface area contributed by atoms with Crippen LogP contribution in [0.25, 0.3) is 0 Å². The van der Waals surface area contributed by atoms with Crippen LogP contribution in [0.2, 0.25) is 0 Å². The summed E-state index contributed by atoms with van der Waals surface area (Å²) in [5.41, 5.74) is 7.23. The van der Waals surface area contributed by atoms with Gasteiger partial charge in [-0.1, -0.05) is 19.1 Å². The van der Waals surface area contributed by atoms with Gasteiger partial charge in [0, 0.05) is 32.4 Å². The average Bonchev–Trinajstić information content (AvgIpc) is 2.85. The van der Waals surface area contributed by atoms with Crippen molar-refractivity contribution in [2.24, 2.45) is 5.73 Å². The Morgan fingerprint density at radius 1 is 1.25 bits per heavy atom. The highest BCUT2D eigenvalue weighted by molar-refractivity contribution is 5.77. The Morgan fingerprint density at radius 2 is 2.00 bits per heavy atom. The first-order chi connectivity index (χ1) is 17.2. The summed E-state index contributed by atoms with van der Waals surface area (Å²) in [4.78, 5) is 21.7. The van der Waals surface area contributed by atoms with Crippen molar-refractivity contribution in [1.29, 1.82) is 0 Å². The minimum absolute atomic E-state index is 0.0196. The highest BCUT2D eigenvalue weighted by Crippen LogP contribution is 2.33. The van der Waals surface area contributed by atoms with Crippen molar-refractivity contribution in [2.75, 3.05) is 36.4 Å². The number of anilines is 3. The number of hydrogen-bond acceptors (Lipinski definition) is 6. The Labute approximate surface area is 209 Å². The molecule has 1 aliphatic rings. The maximum Gasteiger partial charge on any atom is 0.419 e. The zero-order chi connectivity index (χ0) is 26.1. The molecule has 1 aromatic carbocycles. The second kappa shape index (κ2) is 12.4. The molecule has 10 heteroatoms. The van der Waals surface area contributed by atoms with Gasteiger partial charge in [-0.15, -0.1) is 0 Å². The number of aryl methyl sites for hydroxylation is 1. The van der Waals surface area contributed by atoms with Crippen LogP contribution in [0.4, 0.5) is 30.5 Å². The Balaban J connectivity index is 1.79. The monoisotopic (exact) mass is 500 g/mol. The smallest absolute Gasteiger partial charge is 0.369 e. The fourth-order valence-corrected chi connectivity index (χ4v) is 4.05. The number of nitrogens with two attached hydrogens (primary N) is 1. The number of allylic oxidation sites excluding steroid dienone is 3. The van der Waals surface area contributed by atoms with E-state index in [-0.39, 0.29) is 30.9 Å². The summed E-state index contributed by atoms with van der Waals surface area (Å²) in [7, 11) is 0. The summed E-state index contributed by atoms with van der Waals surface area (Å²) in [5.74, 6) is -0.451. The predicted octanol–water partition coefficient (Wildman–Crippen LogP) is 4.34. The third-order valence-electron chi connectivity index (χ3n) is 5.82. The standard InChI is InChI=1S/C26H31F3N6O/c1-3-5-19(18(4-2)16-24(30)36)6-11-23-22(26(27,28)29)17-32-25(34-23)33-20-7-9-21(10-8-20)35-14-12-31-13-15-35/h4-5,7,9,17,31H,3,6,11-16H2,1-2H3,(H2,30,36)(H,32,33,34)/b18-4-,19-5-. The van der Waals surface area contributed by atoms with E-state index in [2.05, 4.69) is 37.6 Å². The molecule has 36 heavy (non-hydrogen) atoms. The number of alkyl halides is 3. The molecular weight excluding hydrogens is 469 g/mol. The molecule has 0 atom stereocenters. The second-order valence-corrected chi connectivity index (χ2v) is 8.39. The van der Waals surface area contributed by atoms with E-state index in [1.54, 1.807) is 19.1 Å². The van der Waals surface area contributed by atoms with Gasteiger partial charge < -0.3 is 21.3 Å². The molecule has 0 bridgehead atoms. The van der Waals surface area contributed by atoms with Gasteiger partial charge in [0.1, 0.15) is 0 Å². The van der Waals surface area contributed by atoms with Crippen LogP contribution in [-0.2, 0) is 17.4 Å². The quantitative estimate of drug-likeness (QED) is 0.420. The first-order valence-corrected chi connectivity index (χ1v) is 11.9. The van der Waals surface area contributed by atoms with Crippen molar-refractivity contribution in [2.45, 2.75) is 45.7 Å². The van der Waals surface area contributed by atoms with Crippen LogP contribution in [0, 0.1) is 12.1 Å². The van der Waals surface area contributed by atoms with Gasteiger partial charge in [0.2, 0.25) is 11.9 Å². The topological polar surface area (TPSA) is 96.2 Å². The van der Waals surface area contributed by atoms with E-state index < -0.39 is 17.6 Å². The zero-order valence-electron chi connectivity index (χ0n) is 20.5. The van der Waals surface area contributed by atoms with Crippen molar-refractivity contribution in [3.63, 3.8) is 0 Å². The van der Waals surface area contributed by atoms with Gasteiger partial charge in [0.15, 0.2) is 0 Å². The molecule has 1 saturated heterocycles. The minimum atomic E-state index is -4.59. The lowest BCUT2D eigenvalue weighted by atomic mass is 9.95. The Kier molecular flexibility index (Phi) is 9.31. The number of aromatic nitrogens is 2. The lowest BCUT2D eigenvalue weighted by Crippen LogP contribution is -2.43. The number of rotatable bonds is 10. The van der Waals surface area contributed by atoms with Crippen LogP contribution in [0.3, 0.4) is 0 Å². The van der Waals surface area contributed by atoms with E-state index in [1.165, 1.54) is 0 Å². The molecule has 1 fully saturated rings. The summed E-state index contributed by atoms with van der Waals surface area (Å²) in [5, 5.41) is 6.22. The maximum atomic E-state index is 13.7. The number of amides is 1. The molecule has 1 aliphatic heterocycles. The number of halogens is 3. The molecule has 0 saturated carbocycles. The van der Waals surface area contributed by atoms with E-state index in [1.807, 2.05) is 19.1 Å². The summed E-state index contributed by atoms with van der Waals surface area (Å²) in [6.45, 7) is 7.21. The van der Waals surface area contributed by atoms with E-state index in [0.29, 0.717) is 17.7 Å². The van der Waals surface area contributed by atoms with Crippen molar-refractivity contribution in [1.82, 2.24) is 15.3 Å². The van der Waals surface area contributed by atoms with Gasteiger partial charge in [-0.3, -0.25) is 4.79 Å². The molecule has 1 aromatic heterocycles. The highest BCUT2D eigenvalue weighted by atomic mass is 19.4. The number of nitrogens with zero attached hydrogens (tertiary/aromatic N) is 3. The third kappa shape index (κ3) is 7.46. The first kappa shape index (κ1) is 27.0. The maximum absolute atomic E-state index is 13.7. The van der Waals surface area contributed by atoms with Crippen molar-refractivity contribution >= 4 is 23.2 Å². The molecule has 0 spiro atoms. The number of piperazine rings is 1. The predicted molar refractivity (Wildman–Crippen MR) is 134 cm³/mol. The van der Waals surface area contributed by atoms with Gasteiger partial charge in [-0.05, 0) is 61.6 Å². The first-order valence-electron chi connectivity index (χ1n) is 11.9. The van der Waals surface area contributed by atoms with Crippen LogP contribution in [0.1, 0.15) is 44.4 Å². The molecule has 0 unspecified atom stereocenters. The van der Waals surface area contributed by atoms with Crippen LogP contribution in [0.15, 0.2) is 41.6 Å². The Bertz CT molecular complexity index is 1090. The molecule has 2 heterocycles. The average molecular weight is 501 g/mol. The number of carbonyl (C=O) groups is 1. The summed E-state index contributed by atoms with van der Waals surface area (Å²) in [6.07, 6.45) is 0.866. The van der Waals surface area contributed by atoms with Crippen LogP contribution in [0.5, 0.6) is 0 Å². The van der Waals surface area contributed by atoms with E-state index in [4.69, 9.17) is 5.73 Å². The van der Waals surface area contributed by atoms with Gasteiger partial charge in [0.05, 0.1) is 29.1 Å². The van der Waals surface area contributed by atoms with E-state index >= 15 is 0 Å². The summed E-state index contributed by atoms with van der Waals surface area (Å²) < 4.78 is 41.1. The van der Waals surface area contributed by atoms with Crippen molar-refractivity contribution in [3.05, 3.63) is 65.0 Å². The number of nitrogens with one attached hydrogen (secondary N) is 2. The molecule has 3 rings (SSSR count). The largest absolute Gasteiger partial charge is 0.419 e. The fourth-order valence-electron chi connectivity index (χ4n) is 4.05. The molecule has 0 radical (unpaired) electrons. The number of carbonyl (C=O) groups excluding carboxylic acids is 1. The van der Waals surface area contributed by atoms with E-state index in [0.717, 1.165) is 43.6 Å². The number of hydrogen-bond donors (Lipinski definition) is 3. The van der Waals surface area contributed by atoms with Gasteiger partial charge in [-0.25, -0.2) is 9.97 Å². The Hall–Kier alpha value is -3.58. The van der Waals surface area contributed by atoms with Crippen LogP contribution in [-0.4, -0.2) is 42.1 Å². The lowest BCUT2D eigenvalue weighted by Gasteiger charge is -2.28. The van der Waals surface area contributed by atoms with Gasteiger partial charge in [-0.2, -0.15) is 13.2 Å². The molecule has 1 amide bonds. The number of primary amides is 1. The summed E-state index contributed by atoms with van der Waals surface area (Å²) >= 11 is 0. The minimum Gasteiger partial charge on any atom is -0.369 e. The van der Waals surface area contributed by atoms with Crippen molar-refractivity contribution < 1.29 is 18.0 Å². The Morgan fingerprint density at radius 3 is 2.58 bits per heavy atom. The summed E-state index contributed by atoms with van der Waals surface area (Å²) in [6, 6.07) is 9.74. The van der Waals surface area contributed by atoms with Gasteiger partial charge in [0.25, 0.3) is 0 Å². The molecule has 4 N–H and O–H groups in total. The van der Waals surface area contributed by atoms with Gasteiger partial charge >= 0.3 is 6.18 Å². The van der Waals surface area contributed by atoms with Crippen LogP contribution >= 0.6 is 0 Å². The molecule has 7 nitrogen and oxygen atoms in total. The lowest BCUT2D eigenvalue weighted by molar-refractivity contribution is -0.138. The molecular formula is C26H31F3N6O. The third-order valence-corrected chi connectivity index (χ3v) is 5.82. The highest BCUT2D eigenvalue weighted by Gasteiger charge is 2.35. The molecule has 0 aliphatic carbocycles. The molecule has 2 aromatic rings. The molecule has 192 valence electrons. The fraction of sp³-hybridized carbons (Fsp3) is 0.423. The zero-order valence-corrected chi connectivity index (χ0v) is 20.5. The second-order valence-electron chi connectivity index (χ2n) is 8.39. The SMILES string of the molecule is C/C=C(CC(N)=O)\C(=C/CC)CCc1nc(Nc2c#cc(N3CCNCC3)cc2)ncc1C(F)(F)F. The van der Waals surface area contributed by atoms with E-state index in [9.17, 15) is 18.0 Å². The normalized spacial score (nSPS) is 15.0.